The summed E-state index contributed by atoms with van der Waals surface area (Å²) >= 11 is 4.66. The summed E-state index contributed by atoms with van der Waals surface area (Å²) in [5.74, 6) is -0.491. The number of nitrogens with one attached hydrogen (secondary N) is 1. The molecule has 36 heavy (non-hydrogen) atoms. The second-order valence-corrected chi connectivity index (χ2v) is 9.32. The van der Waals surface area contributed by atoms with E-state index in [1.807, 2.05) is 29.2 Å². The Balaban J connectivity index is 1.60. The Hall–Kier alpha value is -3.23. The van der Waals surface area contributed by atoms with Crippen LogP contribution in [0.4, 0.5) is 24.5 Å². The number of aliphatic hydroxyl groups excluding tert-OH is 1. The van der Waals surface area contributed by atoms with Gasteiger partial charge in [-0.2, -0.15) is 18.4 Å². The highest BCUT2D eigenvalue weighted by atomic mass is 32.1. The molecule has 1 heterocycles. The number of nitrogens with zero attached hydrogens (tertiary/aromatic N) is 3. The maximum atomic E-state index is 13.6. The largest absolute Gasteiger partial charge is 0.417 e. The normalized spacial score (nSPS) is 18.8. The summed E-state index contributed by atoms with van der Waals surface area (Å²) in [6, 6.07) is 12.1. The number of carbonyl (C=O) groups is 2. The van der Waals surface area contributed by atoms with Crippen LogP contribution in [0.1, 0.15) is 42.4 Å². The predicted molar refractivity (Wildman–Crippen MR) is 130 cm³/mol. The van der Waals surface area contributed by atoms with Gasteiger partial charge in [-0.15, -0.1) is 12.6 Å². The van der Waals surface area contributed by atoms with Crippen LogP contribution in [0, 0.1) is 11.3 Å². The fraction of sp³-hybridized carbons (Fsp3) is 0.400. The van der Waals surface area contributed by atoms with Crippen molar-refractivity contribution >= 4 is 35.8 Å². The quantitative estimate of drug-likeness (QED) is 0.487. The zero-order valence-electron chi connectivity index (χ0n) is 19.3. The molecule has 0 aromatic heterocycles. The molecule has 2 aromatic rings. The first kappa shape index (κ1) is 25.9. The average molecular weight is 519 g/mol. The van der Waals surface area contributed by atoms with E-state index in [2.05, 4.69) is 17.9 Å². The summed E-state index contributed by atoms with van der Waals surface area (Å²) in [6.07, 6.45) is -2.09. The molecule has 1 aliphatic heterocycles. The number of benzene rings is 2. The van der Waals surface area contributed by atoms with Crippen LogP contribution >= 0.6 is 12.6 Å². The second kappa shape index (κ2) is 10.0. The average Bonchev–Trinajstić information content (AvgIpc) is 3.07. The molecular weight excluding hydrogens is 493 g/mol. The van der Waals surface area contributed by atoms with Crippen molar-refractivity contribution in [3.63, 3.8) is 0 Å². The number of hydrogen-bond donors (Lipinski definition) is 3. The van der Waals surface area contributed by atoms with Gasteiger partial charge in [0.25, 0.3) is 5.91 Å². The number of anilines is 2. The summed E-state index contributed by atoms with van der Waals surface area (Å²) in [5.41, 5.74) is -1.71. The first-order valence-corrected chi connectivity index (χ1v) is 12.0. The molecule has 1 saturated carbocycles. The van der Waals surface area contributed by atoms with E-state index in [4.69, 9.17) is 10.4 Å². The van der Waals surface area contributed by atoms with Gasteiger partial charge in [0.15, 0.2) is 5.50 Å². The third kappa shape index (κ3) is 4.63. The maximum Gasteiger partial charge on any atom is 0.417 e. The van der Waals surface area contributed by atoms with Crippen LogP contribution in [0.15, 0.2) is 42.5 Å². The Morgan fingerprint density at radius 3 is 2.42 bits per heavy atom. The van der Waals surface area contributed by atoms with Gasteiger partial charge in [0.1, 0.15) is 5.54 Å². The van der Waals surface area contributed by atoms with E-state index >= 15 is 0 Å². The van der Waals surface area contributed by atoms with Gasteiger partial charge in [-0.3, -0.25) is 14.5 Å². The van der Waals surface area contributed by atoms with Crippen molar-refractivity contribution < 1.29 is 27.9 Å². The lowest BCUT2D eigenvalue weighted by Crippen LogP contribution is -2.55. The van der Waals surface area contributed by atoms with Crippen molar-refractivity contribution in [2.24, 2.45) is 0 Å². The summed E-state index contributed by atoms with van der Waals surface area (Å²) in [4.78, 5) is 28.5. The molecule has 2 aromatic carbocycles. The Morgan fingerprint density at radius 2 is 1.86 bits per heavy atom. The number of amides is 2. The highest BCUT2D eigenvalue weighted by Gasteiger charge is 2.60. The first-order chi connectivity index (χ1) is 17.1. The molecule has 2 amide bonds. The summed E-state index contributed by atoms with van der Waals surface area (Å²) in [6.45, 7) is 0.0744. The van der Waals surface area contributed by atoms with Crippen molar-refractivity contribution in [3.8, 4) is 6.07 Å². The molecule has 1 spiro atoms. The fourth-order valence-electron chi connectivity index (χ4n) is 4.75. The standard InChI is InChI=1S/C25H25F3N4O3S/c26-25(27,28)20-14-19(8-5-17(20)15-29)31-22(35)24(10-1-11-24)32(23(31)36)18-6-2-16(3-7-18)4-9-21(34)30-12-13-33/h2-3,5-8,14,23,33,36H,1,4,9-13H2,(H,30,34). The first-order valence-electron chi connectivity index (χ1n) is 11.5. The number of alkyl halides is 3. The molecule has 190 valence electrons. The van der Waals surface area contributed by atoms with Crippen molar-refractivity contribution in [1.82, 2.24) is 5.32 Å². The van der Waals surface area contributed by atoms with Crippen LogP contribution in [0.3, 0.4) is 0 Å². The Morgan fingerprint density at radius 1 is 1.19 bits per heavy atom. The number of carbonyl (C=O) groups excluding carboxylic acids is 2. The van der Waals surface area contributed by atoms with E-state index in [0.717, 1.165) is 24.1 Å². The summed E-state index contributed by atoms with van der Waals surface area (Å²) in [7, 11) is 0. The molecule has 11 heteroatoms. The molecule has 7 nitrogen and oxygen atoms in total. The number of rotatable bonds is 7. The molecular formula is C25H25F3N4O3S. The third-order valence-corrected chi connectivity index (χ3v) is 7.18. The minimum atomic E-state index is -4.74. The SMILES string of the molecule is N#Cc1ccc(N2C(=O)C3(CCC3)N(c3ccc(CCC(=O)NCCO)cc3)C2S)cc1C(F)(F)F. The molecule has 0 radical (unpaired) electrons. The molecule has 1 atom stereocenters. The van der Waals surface area contributed by atoms with Crippen molar-refractivity contribution in [3.05, 3.63) is 59.2 Å². The second-order valence-electron chi connectivity index (χ2n) is 8.86. The van der Waals surface area contributed by atoms with Crippen LogP contribution < -0.4 is 15.1 Å². The zero-order valence-corrected chi connectivity index (χ0v) is 20.1. The minimum Gasteiger partial charge on any atom is -0.395 e. The zero-order chi connectivity index (χ0) is 26.1. The van der Waals surface area contributed by atoms with Crippen LogP contribution in [0.5, 0.6) is 0 Å². The molecule has 4 rings (SSSR count). The Kier molecular flexibility index (Phi) is 7.20. The van der Waals surface area contributed by atoms with Gasteiger partial charge in [-0.1, -0.05) is 12.1 Å². The molecule has 0 bridgehead atoms. The highest BCUT2D eigenvalue weighted by molar-refractivity contribution is 7.81. The van der Waals surface area contributed by atoms with Crippen LogP contribution in [-0.4, -0.2) is 41.1 Å². The maximum absolute atomic E-state index is 13.6. The number of hydrogen-bond acceptors (Lipinski definition) is 6. The third-order valence-electron chi connectivity index (χ3n) is 6.72. The van der Waals surface area contributed by atoms with Gasteiger partial charge < -0.3 is 15.3 Å². The summed E-state index contributed by atoms with van der Waals surface area (Å²) < 4.78 is 40.7. The molecule has 1 unspecified atom stereocenters. The number of thiol groups is 1. The van der Waals surface area contributed by atoms with Crippen molar-refractivity contribution in [2.75, 3.05) is 23.0 Å². The number of halogens is 3. The van der Waals surface area contributed by atoms with E-state index < -0.39 is 28.3 Å². The topological polar surface area (TPSA) is 96.7 Å². The van der Waals surface area contributed by atoms with Crippen molar-refractivity contribution in [1.29, 1.82) is 5.26 Å². The number of aryl methyl sites for hydroxylation is 1. The van der Waals surface area contributed by atoms with Crippen LogP contribution in [0.2, 0.25) is 0 Å². The van der Waals surface area contributed by atoms with E-state index in [-0.39, 0.29) is 37.1 Å². The molecule has 2 aliphatic rings. The van der Waals surface area contributed by atoms with E-state index in [1.165, 1.54) is 11.0 Å². The predicted octanol–water partition coefficient (Wildman–Crippen LogP) is 3.61. The van der Waals surface area contributed by atoms with E-state index in [0.29, 0.717) is 24.9 Å². The molecule has 2 fully saturated rings. The monoisotopic (exact) mass is 518 g/mol. The van der Waals surface area contributed by atoms with Gasteiger partial charge in [0.05, 0.1) is 23.8 Å². The van der Waals surface area contributed by atoms with Gasteiger partial charge in [-0.25, -0.2) is 0 Å². The number of nitriles is 1. The molecule has 1 saturated heterocycles. The van der Waals surface area contributed by atoms with Crippen molar-refractivity contribution in [2.45, 2.75) is 49.3 Å². The number of aliphatic hydroxyl groups is 1. The molecule has 1 aliphatic carbocycles. The van der Waals surface area contributed by atoms with Gasteiger partial charge in [-0.05, 0) is 61.6 Å². The Bertz CT molecular complexity index is 1190. The van der Waals surface area contributed by atoms with E-state index in [9.17, 15) is 22.8 Å². The molecule has 2 N–H and O–H groups in total. The van der Waals surface area contributed by atoms with Gasteiger partial charge >= 0.3 is 6.18 Å². The lowest BCUT2D eigenvalue weighted by atomic mass is 9.75. The highest BCUT2D eigenvalue weighted by Crippen LogP contribution is 2.50. The smallest absolute Gasteiger partial charge is 0.395 e. The van der Waals surface area contributed by atoms with Gasteiger partial charge in [0.2, 0.25) is 5.91 Å². The minimum absolute atomic E-state index is 0.0330. The van der Waals surface area contributed by atoms with E-state index in [1.54, 1.807) is 6.07 Å². The summed E-state index contributed by atoms with van der Waals surface area (Å²) in [5, 5.41) is 20.5. The van der Waals surface area contributed by atoms with Gasteiger partial charge in [0, 0.05) is 24.3 Å². The van der Waals surface area contributed by atoms with Crippen LogP contribution in [0.25, 0.3) is 0 Å². The fourth-order valence-corrected chi connectivity index (χ4v) is 5.34. The lowest BCUT2D eigenvalue weighted by molar-refractivity contribution is -0.137. The Labute approximate surface area is 211 Å². The van der Waals surface area contributed by atoms with Crippen LogP contribution in [-0.2, 0) is 22.2 Å². The lowest BCUT2D eigenvalue weighted by Gasteiger charge is -2.44.